The number of benzene rings is 1. The number of methoxy groups -OCH3 is 1. The van der Waals surface area contributed by atoms with Crippen molar-refractivity contribution in [2.24, 2.45) is 5.73 Å². The van der Waals surface area contributed by atoms with E-state index in [-0.39, 0.29) is 5.97 Å². The average molecular weight is 208 g/mol. The van der Waals surface area contributed by atoms with Crippen molar-refractivity contribution in [3.8, 4) is 0 Å². The second kappa shape index (κ2) is 4.79. The highest BCUT2D eigenvalue weighted by atomic mass is 16.5. The lowest BCUT2D eigenvalue weighted by Gasteiger charge is -2.12. The molecule has 4 N–H and O–H groups in total. The van der Waals surface area contributed by atoms with E-state index in [0.717, 1.165) is 11.1 Å². The van der Waals surface area contributed by atoms with E-state index >= 15 is 0 Å². The number of rotatable bonds is 3. The number of hydrogen-bond acceptors (Lipinski definition) is 4. The molecule has 0 atom stereocenters. The molecule has 0 aliphatic heterocycles. The van der Waals surface area contributed by atoms with E-state index in [1.165, 1.54) is 7.11 Å². The lowest BCUT2D eigenvalue weighted by molar-refractivity contribution is 0.0599. The molecule has 0 saturated carbocycles. The number of hydrogen-bond donors (Lipinski definition) is 2. The molecule has 1 aromatic rings. The van der Waals surface area contributed by atoms with Gasteiger partial charge in [0.25, 0.3) is 0 Å². The molecule has 0 unspecified atom stereocenters. The predicted octanol–water partition coefficient (Wildman–Crippen LogP) is 0.865. The molecule has 0 radical (unpaired) electrons. The third kappa shape index (κ3) is 2.27. The fourth-order valence-corrected chi connectivity index (χ4v) is 1.54. The molecule has 0 aromatic heterocycles. The normalized spacial score (nSPS) is 10.1. The standard InChI is InChI=1S/C11H16N2O2/c1-7-8(5-6-12)9(11(14)15-2)3-4-10(7)13/h3-4H,5-6,12-13H2,1-2H3. The first-order valence-corrected chi connectivity index (χ1v) is 4.78. The van der Waals surface area contributed by atoms with Crippen molar-refractivity contribution >= 4 is 11.7 Å². The molecule has 0 spiro atoms. The van der Waals surface area contributed by atoms with Gasteiger partial charge in [-0.05, 0) is 43.1 Å². The Morgan fingerprint density at radius 3 is 2.67 bits per heavy atom. The van der Waals surface area contributed by atoms with Gasteiger partial charge in [0.1, 0.15) is 0 Å². The molecule has 0 fully saturated rings. The van der Waals surface area contributed by atoms with Crippen LogP contribution in [0, 0.1) is 6.92 Å². The van der Waals surface area contributed by atoms with Gasteiger partial charge in [-0.2, -0.15) is 0 Å². The summed E-state index contributed by atoms with van der Waals surface area (Å²) < 4.78 is 4.70. The quantitative estimate of drug-likeness (QED) is 0.570. The fraction of sp³-hybridized carbons (Fsp3) is 0.364. The Morgan fingerprint density at radius 1 is 1.47 bits per heavy atom. The highest BCUT2D eigenvalue weighted by Crippen LogP contribution is 2.21. The summed E-state index contributed by atoms with van der Waals surface area (Å²) >= 11 is 0. The van der Waals surface area contributed by atoms with E-state index in [9.17, 15) is 4.79 Å². The maximum atomic E-state index is 11.5. The fourth-order valence-electron chi connectivity index (χ4n) is 1.54. The molecular formula is C11H16N2O2. The number of nitrogens with two attached hydrogens (primary N) is 2. The molecule has 82 valence electrons. The van der Waals surface area contributed by atoms with Crippen LogP contribution < -0.4 is 11.5 Å². The summed E-state index contributed by atoms with van der Waals surface area (Å²) in [4.78, 5) is 11.5. The molecule has 1 aromatic carbocycles. The number of carbonyl (C=O) groups is 1. The lowest BCUT2D eigenvalue weighted by atomic mass is 9.97. The van der Waals surface area contributed by atoms with Gasteiger partial charge in [-0.1, -0.05) is 0 Å². The minimum absolute atomic E-state index is 0.346. The van der Waals surface area contributed by atoms with Gasteiger partial charge >= 0.3 is 5.97 Å². The van der Waals surface area contributed by atoms with Crippen molar-refractivity contribution in [3.05, 3.63) is 28.8 Å². The zero-order valence-electron chi connectivity index (χ0n) is 9.04. The Kier molecular flexibility index (Phi) is 3.68. The molecule has 0 heterocycles. The van der Waals surface area contributed by atoms with E-state index in [1.807, 2.05) is 6.92 Å². The summed E-state index contributed by atoms with van der Waals surface area (Å²) in [5, 5.41) is 0. The Balaban J connectivity index is 3.26. The third-order valence-electron chi connectivity index (χ3n) is 2.44. The van der Waals surface area contributed by atoms with Gasteiger partial charge in [-0.3, -0.25) is 0 Å². The Labute approximate surface area is 89.2 Å². The lowest BCUT2D eigenvalue weighted by Crippen LogP contribution is -2.12. The van der Waals surface area contributed by atoms with Crippen molar-refractivity contribution in [2.75, 3.05) is 19.4 Å². The summed E-state index contributed by atoms with van der Waals surface area (Å²) in [5.41, 5.74) is 14.3. The largest absolute Gasteiger partial charge is 0.465 e. The summed E-state index contributed by atoms with van der Waals surface area (Å²) in [6.07, 6.45) is 0.626. The molecule has 1 rings (SSSR count). The van der Waals surface area contributed by atoms with E-state index in [1.54, 1.807) is 12.1 Å². The summed E-state index contributed by atoms with van der Waals surface area (Å²) in [6.45, 7) is 2.36. The number of carbonyl (C=O) groups excluding carboxylic acids is 1. The monoisotopic (exact) mass is 208 g/mol. The number of ether oxygens (including phenoxy) is 1. The van der Waals surface area contributed by atoms with Crippen LogP contribution in [-0.2, 0) is 11.2 Å². The second-order valence-electron chi connectivity index (χ2n) is 3.34. The van der Waals surface area contributed by atoms with Gasteiger partial charge in [0.15, 0.2) is 0 Å². The molecule has 0 bridgehead atoms. The Morgan fingerprint density at radius 2 is 2.13 bits per heavy atom. The highest BCUT2D eigenvalue weighted by Gasteiger charge is 2.14. The van der Waals surface area contributed by atoms with Gasteiger partial charge in [0.2, 0.25) is 0 Å². The Bertz CT molecular complexity index is 375. The summed E-state index contributed by atoms with van der Waals surface area (Å²) in [7, 11) is 1.36. The molecule has 0 saturated heterocycles. The van der Waals surface area contributed by atoms with E-state index < -0.39 is 0 Å². The van der Waals surface area contributed by atoms with Crippen LogP contribution in [0.1, 0.15) is 21.5 Å². The Hall–Kier alpha value is -1.55. The van der Waals surface area contributed by atoms with Crippen molar-refractivity contribution in [3.63, 3.8) is 0 Å². The van der Waals surface area contributed by atoms with Crippen LogP contribution in [0.25, 0.3) is 0 Å². The molecular weight excluding hydrogens is 192 g/mol. The summed E-state index contributed by atoms with van der Waals surface area (Å²) in [5.74, 6) is -0.346. The highest BCUT2D eigenvalue weighted by molar-refractivity contribution is 5.92. The minimum Gasteiger partial charge on any atom is -0.465 e. The van der Waals surface area contributed by atoms with E-state index in [4.69, 9.17) is 16.2 Å². The van der Waals surface area contributed by atoms with Crippen LogP contribution in [0.2, 0.25) is 0 Å². The first-order valence-electron chi connectivity index (χ1n) is 4.78. The van der Waals surface area contributed by atoms with Crippen molar-refractivity contribution in [1.82, 2.24) is 0 Å². The molecule has 4 nitrogen and oxygen atoms in total. The average Bonchev–Trinajstić information content (AvgIpc) is 2.24. The van der Waals surface area contributed by atoms with Crippen LogP contribution in [0.15, 0.2) is 12.1 Å². The predicted molar refractivity (Wildman–Crippen MR) is 59.7 cm³/mol. The molecule has 4 heteroatoms. The van der Waals surface area contributed by atoms with E-state index in [2.05, 4.69) is 0 Å². The maximum absolute atomic E-state index is 11.5. The van der Waals surface area contributed by atoms with Gasteiger partial charge in [-0.25, -0.2) is 4.79 Å². The van der Waals surface area contributed by atoms with Gasteiger partial charge < -0.3 is 16.2 Å². The van der Waals surface area contributed by atoms with Gasteiger partial charge in [-0.15, -0.1) is 0 Å². The first kappa shape index (κ1) is 11.5. The third-order valence-corrected chi connectivity index (χ3v) is 2.44. The smallest absolute Gasteiger partial charge is 0.338 e. The minimum atomic E-state index is -0.346. The van der Waals surface area contributed by atoms with E-state index in [0.29, 0.717) is 24.2 Å². The number of nitrogen functional groups attached to an aromatic ring is 1. The first-order chi connectivity index (χ1) is 7.11. The second-order valence-corrected chi connectivity index (χ2v) is 3.34. The topological polar surface area (TPSA) is 78.3 Å². The van der Waals surface area contributed by atoms with Crippen LogP contribution >= 0.6 is 0 Å². The summed E-state index contributed by atoms with van der Waals surface area (Å²) in [6, 6.07) is 3.39. The number of anilines is 1. The molecule has 15 heavy (non-hydrogen) atoms. The number of esters is 1. The SMILES string of the molecule is COC(=O)c1ccc(N)c(C)c1CCN. The van der Waals surface area contributed by atoms with Crippen LogP contribution in [0.4, 0.5) is 5.69 Å². The molecule has 0 aliphatic rings. The zero-order chi connectivity index (χ0) is 11.4. The maximum Gasteiger partial charge on any atom is 0.338 e. The zero-order valence-corrected chi connectivity index (χ0v) is 9.04. The molecule has 0 amide bonds. The van der Waals surface area contributed by atoms with Gasteiger partial charge in [0, 0.05) is 5.69 Å². The van der Waals surface area contributed by atoms with Crippen LogP contribution in [0.5, 0.6) is 0 Å². The van der Waals surface area contributed by atoms with Crippen molar-refractivity contribution in [2.45, 2.75) is 13.3 Å². The van der Waals surface area contributed by atoms with Gasteiger partial charge in [0.05, 0.1) is 12.7 Å². The van der Waals surface area contributed by atoms with Crippen molar-refractivity contribution < 1.29 is 9.53 Å². The van der Waals surface area contributed by atoms with Crippen LogP contribution in [-0.4, -0.2) is 19.6 Å². The van der Waals surface area contributed by atoms with Crippen LogP contribution in [0.3, 0.4) is 0 Å². The molecule has 0 aliphatic carbocycles. The van der Waals surface area contributed by atoms with Crippen molar-refractivity contribution in [1.29, 1.82) is 0 Å².